The van der Waals surface area contributed by atoms with Gasteiger partial charge in [-0.2, -0.15) is 0 Å². The topological polar surface area (TPSA) is 0 Å². The maximum atomic E-state index is 4.02. The molecule has 0 fully saturated rings. The molecule has 0 saturated carbocycles. The van der Waals surface area contributed by atoms with Gasteiger partial charge in [0.15, 0.2) is 0 Å². The second-order valence-corrected chi connectivity index (χ2v) is 5.85. The van der Waals surface area contributed by atoms with Crippen molar-refractivity contribution in [2.24, 2.45) is 0 Å². The molecule has 22 heavy (non-hydrogen) atoms. The van der Waals surface area contributed by atoms with Gasteiger partial charge < -0.3 is 0 Å². The highest BCUT2D eigenvalue weighted by Crippen LogP contribution is 2.41. The lowest BCUT2D eigenvalue weighted by molar-refractivity contribution is 1.76. The highest BCUT2D eigenvalue weighted by Gasteiger charge is 2.14. The fourth-order valence-electron chi connectivity index (χ4n) is 3.83. The molecular formula is C22H14. The summed E-state index contributed by atoms with van der Waals surface area (Å²) < 4.78 is 0. The van der Waals surface area contributed by atoms with Crippen molar-refractivity contribution in [3.8, 4) is 0 Å². The van der Waals surface area contributed by atoms with E-state index in [9.17, 15) is 0 Å². The third-order valence-corrected chi connectivity index (χ3v) is 4.77. The second-order valence-electron chi connectivity index (χ2n) is 5.85. The van der Waals surface area contributed by atoms with Gasteiger partial charge in [0.05, 0.1) is 0 Å². The fraction of sp³-hybridized carbons (Fsp3) is 0. The minimum absolute atomic E-state index is 1.21. The van der Waals surface area contributed by atoms with E-state index in [2.05, 4.69) is 73.3 Å². The molecule has 0 aliphatic rings. The first kappa shape index (κ1) is 11.8. The van der Waals surface area contributed by atoms with Gasteiger partial charge in [0.25, 0.3) is 0 Å². The van der Waals surface area contributed by atoms with E-state index in [-0.39, 0.29) is 0 Å². The Labute approximate surface area is 128 Å². The molecular weight excluding hydrogens is 264 g/mol. The number of benzene rings is 5. The van der Waals surface area contributed by atoms with E-state index in [4.69, 9.17) is 0 Å². The van der Waals surface area contributed by atoms with Crippen LogP contribution in [0.25, 0.3) is 49.2 Å². The second kappa shape index (κ2) is 4.08. The fourth-order valence-corrected chi connectivity index (χ4v) is 3.83. The van der Waals surface area contributed by atoms with Crippen LogP contribution in [-0.4, -0.2) is 0 Å². The van der Waals surface area contributed by atoms with Crippen molar-refractivity contribution in [1.29, 1.82) is 0 Å². The molecule has 0 aliphatic carbocycles. The molecule has 0 aliphatic heterocycles. The largest absolute Gasteiger partial charge is 0.0984 e. The van der Waals surface area contributed by atoms with Crippen LogP contribution in [0.5, 0.6) is 0 Å². The zero-order chi connectivity index (χ0) is 14.7. The molecule has 0 heterocycles. The van der Waals surface area contributed by atoms with Gasteiger partial charge in [-0.3, -0.25) is 0 Å². The summed E-state index contributed by atoms with van der Waals surface area (Å²) in [4.78, 5) is 0. The average Bonchev–Trinajstić information content (AvgIpc) is 2.60. The van der Waals surface area contributed by atoms with Crippen molar-refractivity contribution in [2.45, 2.75) is 0 Å². The first-order valence-electron chi connectivity index (χ1n) is 7.59. The Morgan fingerprint density at radius 1 is 0.545 bits per heavy atom. The monoisotopic (exact) mass is 278 g/mol. The van der Waals surface area contributed by atoms with E-state index < -0.39 is 0 Å². The van der Waals surface area contributed by atoms with Crippen LogP contribution in [0.2, 0.25) is 0 Å². The van der Waals surface area contributed by atoms with Gasteiger partial charge in [-0.25, -0.2) is 0 Å². The Hall–Kier alpha value is -2.86. The summed E-state index contributed by atoms with van der Waals surface area (Å²) in [6.45, 7) is 4.02. The van der Waals surface area contributed by atoms with Crippen LogP contribution in [0.15, 0.2) is 73.3 Å². The van der Waals surface area contributed by atoms with Crippen LogP contribution < -0.4 is 0 Å². The normalized spacial score (nSPS) is 11.8. The Kier molecular flexibility index (Phi) is 2.18. The van der Waals surface area contributed by atoms with Gasteiger partial charge >= 0.3 is 0 Å². The van der Waals surface area contributed by atoms with Gasteiger partial charge in [0.1, 0.15) is 0 Å². The lowest BCUT2D eigenvalue weighted by atomic mass is 9.87. The Morgan fingerprint density at radius 3 is 2.00 bits per heavy atom. The number of fused-ring (bicyclic) bond motifs is 3. The highest BCUT2D eigenvalue weighted by atomic mass is 14.2. The quantitative estimate of drug-likeness (QED) is 0.246. The van der Waals surface area contributed by atoms with Gasteiger partial charge in [0.2, 0.25) is 0 Å². The third-order valence-electron chi connectivity index (χ3n) is 4.77. The number of rotatable bonds is 1. The molecule has 0 nitrogen and oxygen atoms in total. The molecule has 0 radical (unpaired) electrons. The minimum Gasteiger partial charge on any atom is -0.0984 e. The van der Waals surface area contributed by atoms with Crippen LogP contribution in [0.1, 0.15) is 5.56 Å². The van der Waals surface area contributed by atoms with E-state index >= 15 is 0 Å². The molecule has 0 unspecified atom stereocenters. The summed E-state index contributed by atoms with van der Waals surface area (Å²) in [5.74, 6) is 0. The molecule has 0 atom stereocenters. The smallest absolute Gasteiger partial charge is 0.00143 e. The highest BCUT2D eigenvalue weighted by molar-refractivity contribution is 6.34. The Bertz CT molecular complexity index is 1180. The van der Waals surface area contributed by atoms with Crippen LogP contribution in [0, 0.1) is 0 Å². The first-order valence-corrected chi connectivity index (χ1v) is 7.59. The Morgan fingerprint density at radius 2 is 1.18 bits per heavy atom. The van der Waals surface area contributed by atoms with E-state index in [1.807, 2.05) is 6.08 Å². The van der Waals surface area contributed by atoms with Gasteiger partial charge in [-0.1, -0.05) is 79.4 Å². The van der Waals surface area contributed by atoms with Crippen molar-refractivity contribution in [3.63, 3.8) is 0 Å². The van der Waals surface area contributed by atoms with Crippen molar-refractivity contribution in [2.75, 3.05) is 0 Å². The van der Waals surface area contributed by atoms with E-state index in [0.29, 0.717) is 0 Å². The van der Waals surface area contributed by atoms with Crippen molar-refractivity contribution < 1.29 is 0 Å². The van der Waals surface area contributed by atoms with Crippen LogP contribution >= 0.6 is 0 Å². The van der Waals surface area contributed by atoms with Gasteiger partial charge in [0, 0.05) is 0 Å². The van der Waals surface area contributed by atoms with Crippen molar-refractivity contribution in [3.05, 3.63) is 78.9 Å². The molecule has 0 aromatic heterocycles. The van der Waals surface area contributed by atoms with E-state index in [0.717, 1.165) is 0 Å². The molecule has 0 spiro atoms. The van der Waals surface area contributed by atoms with E-state index in [1.54, 1.807) is 0 Å². The average molecular weight is 278 g/mol. The lowest BCUT2D eigenvalue weighted by Gasteiger charge is -2.16. The lowest BCUT2D eigenvalue weighted by Crippen LogP contribution is -1.89. The summed E-state index contributed by atoms with van der Waals surface area (Å²) in [6.07, 6.45) is 1.97. The maximum Gasteiger partial charge on any atom is -0.00143 e. The molecule has 102 valence electrons. The third kappa shape index (κ3) is 1.32. The first-order chi connectivity index (χ1) is 10.9. The predicted molar refractivity (Wildman–Crippen MR) is 97.7 cm³/mol. The molecule has 0 heteroatoms. The van der Waals surface area contributed by atoms with Crippen molar-refractivity contribution >= 4 is 49.2 Å². The van der Waals surface area contributed by atoms with Crippen LogP contribution in [0.3, 0.4) is 0 Å². The molecule has 5 aromatic rings. The van der Waals surface area contributed by atoms with Crippen LogP contribution in [-0.2, 0) is 0 Å². The van der Waals surface area contributed by atoms with Gasteiger partial charge in [-0.15, -0.1) is 0 Å². The SMILES string of the molecule is C=Cc1ccc2ccc3cccc4c5ccccc5c1c2c34. The Balaban J connectivity index is 2.31. The zero-order valence-corrected chi connectivity index (χ0v) is 12.1. The summed E-state index contributed by atoms with van der Waals surface area (Å²) in [6, 6.07) is 24.2. The zero-order valence-electron chi connectivity index (χ0n) is 12.1. The molecule has 0 saturated heterocycles. The molecule has 5 rings (SSSR count). The molecule has 0 amide bonds. The van der Waals surface area contributed by atoms with E-state index in [1.165, 1.54) is 48.7 Å². The maximum absolute atomic E-state index is 4.02. The molecule has 5 aromatic carbocycles. The summed E-state index contributed by atoms with van der Waals surface area (Å²) in [5.41, 5.74) is 1.21. The number of hydrogen-bond donors (Lipinski definition) is 0. The minimum atomic E-state index is 1.21. The number of hydrogen-bond acceptors (Lipinski definition) is 0. The predicted octanol–water partition coefficient (Wildman–Crippen LogP) is 6.38. The summed E-state index contributed by atoms with van der Waals surface area (Å²) in [7, 11) is 0. The molecule has 0 N–H and O–H groups in total. The van der Waals surface area contributed by atoms with Gasteiger partial charge in [-0.05, 0) is 48.7 Å². The molecule has 0 bridgehead atoms. The summed E-state index contributed by atoms with van der Waals surface area (Å²) >= 11 is 0. The standard InChI is InChI=1S/C22H14/c1-2-14-10-11-16-13-12-15-6-5-9-19-17-7-3-4-8-18(17)20(14)22(16)21(15)19/h2-13H,1H2. The summed E-state index contributed by atoms with van der Waals surface area (Å²) in [5, 5.41) is 10.6. The van der Waals surface area contributed by atoms with Crippen molar-refractivity contribution in [1.82, 2.24) is 0 Å². The van der Waals surface area contributed by atoms with Crippen LogP contribution in [0.4, 0.5) is 0 Å².